The lowest BCUT2D eigenvalue weighted by molar-refractivity contribution is 0.194. The molecule has 1 aromatic carbocycles. The van der Waals surface area contributed by atoms with Gasteiger partial charge in [-0.3, -0.25) is 4.98 Å². The van der Waals surface area contributed by atoms with E-state index < -0.39 is 17.5 Å². The summed E-state index contributed by atoms with van der Waals surface area (Å²) in [5.74, 6) is 0.645. The molecule has 1 unspecified atom stereocenters. The van der Waals surface area contributed by atoms with Crippen LogP contribution in [-0.4, -0.2) is 34.2 Å². The molecule has 0 saturated carbocycles. The van der Waals surface area contributed by atoms with Crippen molar-refractivity contribution in [2.45, 2.75) is 45.1 Å². The van der Waals surface area contributed by atoms with Crippen LogP contribution in [0, 0.1) is 0 Å². The summed E-state index contributed by atoms with van der Waals surface area (Å²) in [6.45, 7) is 7.92. The Morgan fingerprint density at radius 2 is 1.88 bits per heavy atom. The van der Waals surface area contributed by atoms with Crippen LogP contribution in [0.3, 0.4) is 0 Å². The van der Waals surface area contributed by atoms with Crippen molar-refractivity contribution in [3.8, 4) is 17.1 Å². The number of rotatable bonds is 6. The van der Waals surface area contributed by atoms with E-state index in [2.05, 4.69) is 14.8 Å². The molecule has 0 aliphatic heterocycles. The molecule has 2 atom stereocenters. The van der Waals surface area contributed by atoms with Crippen LogP contribution < -0.4 is 4.72 Å². The van der Waals surface area contributed by atoms with E-state index in [4.69, 9.17) is 4.98 Å². The molecule has 166 valence electrons. The van der Waals surface area contributed by atoms with Crippen molar-refractivity contribution in [1.29, 1.82) is 0 Å². The zero-order valence-electron chi connectivity index (χ0n) is 18.6. The zero-order chi connectivity index (χ0) is 22.9. The van der Waals surface area contributed by atoms with Crippen LogP contribution in [0.15, 0.2) is 60.8 Å². The molecule has 3 aromatic heterocycles. The van der Waals surface area contributed by atoms with Crippen LogP contribution in [0.2, 0.25) is 0 Å². The molecule has 0 aliphatic carbocycles. The molecule has 0 bridgehead atoms. The highest BCUT2D eigenvalue weighted by molar-refractivity contribution is 7.90. The van der Waals surface area contributed by atoms with Gasteiger partial charge in [-0.25, -0.2) is 9.67 Å². The Morgan fingerprint density at radius 3 is 2.62 bits per heavy atom. The summed E-state index contributed by atoms with van der Waals surface area (Å²) in [6, 6.07) is 17.4. The average molecular weight is 450 g/mol. The predicted octanol–water partition coefficient (Wildman–Crippen LogP) is 4.09. The van der Waals surface area contributed by atoms with E-state index in [0.717, 1.165) is 27.9 Å². The maximum Gasteiger partial charge on any atom is 0.154 e. The quantitative estimate of drug-likeness (QED) is 0.430. The molecule has 7 nitrogen and oxygen atoms in total. The number of pyridine rings is 2. The van der Waals surface area contributed by atoms with Crippen molar-refractivity contribution in [3.05, 3.63) is 72.2 Å². The zero-order valence-corrected chi connectivity index (χ0v) is 19.4. The highest BCUT2D eigenvalue weighted by Gasteiger charge is 2.26. The fourth-order valence-electron chi connectivity index (χ4n) is 3.25. The number of benzene rings is 1. The lowest BCUT2D eigenvalue weighted by atomic mass is 10.1. The van der Waals surface area contributed by atoms with E-state index in [-0.39, 0.29) is 4.75 Å². The van der Waals surface area contributed by atoms with Crippen LogP contribution >= 0.6 is 0 Å². The van der Waals surface area contributed by atoms with Gasteiger partial charge in [0, 0.05) is 22.3 Å². The Bertz CT molecular complexity index is 1230. The fourth-order valence-corrected chi connectivity index (χ4v) is 3.96. The first kappa shape index (κ1) is 22.4. The van der Waals surface area contributed by atoms with Crippen LogP contribution in [0.1, 0.15) is 45.2 Å². The molecule has 2 N–H and O–H groups in total. The van der Waals surface area contributed by atoms with Crippen molar-refractivity contribution in [2.75, 3.05) is 0 Å². The number of nitrogens with one attached hydrogen (secondary N) is 1. The van der Waals surface area contributed by atoms with Crippen molar-refractivity contribution < 1.29 is 9.66 Å². The maximum atomic E-state index is 12.3. The van der Waals surface area contributed by atoms with Gasteiger partial charge in [0.05, 0.1) is 41.4 Å². The topological polar surface area (TPSA) is 98.9 Å². The second kappa shape index (κ2) is 8.99. The van der Waals surface area contributed by atoms with Crippen LogP contribution in [0.4, 0.5) is 0 Å². The third kappa shape index (κ3) is 4.83. The molecule has 0 saturated heterocycles. The summed E-state index contributed by atoms with van der Waals surface area (Å²) in [6.07, 6.45) is 1.14. The number of aliphatic hydroxyl groups excluding tert-OH is 1. The van der Waals surface area contributed by atoms with E-state index in [1.165, 1.54) is 0 Å². The number of aliphatic hydroxyl groups is 1. The lowest BCUT2D eigenvalue weighted by Gasteiger charge is -2.23. The minimum atomic E-state index is -1.16. The highest BCUT2D eigenvalue weighted by Crippen LogP contribution is 2.25. The second-order valence-corrected chi connectivity index (χ2v) is 10.7. The van der Waals surface area contributed by atoms with Gasteiger partial charge in [0.15, 0.2) is 5.82 Å². The van der Waals surface area contributed by atoms with Gasteiger partial charge in [0.1, 0.15) is 4.75 Å². The molecule has 3 heterocycles. The minimum absolute atomic E-state index is 0.333. The molecule has 0 spiro atoms. The molecule has 0 aliphatic rings. The number of hydrogen-bond donors (Lipinski definition) is 2. The van der Waals surface area contributed by atoms with Crippen molar-refractivity contribution in [1.82, 2.24) is 24.5 Å². The second-order valence-electron chi connectivity index (χ2n) is 8.64. The van der Waals surface area contributed by atoms with E-state index in [0.29, 0.717) is 18.1 Å². The Labute approximate surface area is 190 Å². The Balaban J connectivity index is 1.65. The Hall–Kier alpha value is -2.78. The number of fused-ring (bicyclic) bond motifs is 1. The smallest absolute Gasteiger partial charge is 0.154 e. The van der Waals surface area contributed by atoms with Gasteiger partial charge in [-0.1, -0.05) is 24.3 Å². The van der Waals surface area contributed by atoms with E-state index in [9.17, 15) is 9.66 Å². The average Bonchev–Trinajstić information content (AvgIpc) is 3.20. The standard InChI is InChI=1S/C24H27N5O2S/c1-16(30)20-8-6-10-23(28-20)29-22-13-17(11-12-18(22)14-25-29)21-9-5-7-19(27-21)15-26-32(31)24(2,3)4/h5-14,16,26,30H,15H2,1-4H3/t16?,32-/m1/s1. The summed E-state index contributed by atoms with van der Waals surface area (Å²) in [4.78, 5) is 9.29. The summed E-state index contributed by atoms with van der Waals surface area (Å²) in [7, 11) is 0. The summed E-state index contributed by atoms with van der Waals surface area (Å²) >= 11 is -1.16. The third-order valence-corrected chi connectivity index (χ3v) is 6.53. The van der Waals surface area contributed by atoms with Gasteiger partial charge < -0.3 is 9.66 Å². The van der Waals surface area contributed by atoms with Crippen molar-refractivity contribution in [2.24, 2.45) is 0 Å². The van der Waals surface area contributed by atoms with E-state index >= 15 is 0 Å². The van der Waals surface area contributed by atoms with Crippen LogP contribution in [-0.2, 0) is 17.9 Å². The summed E-state index contributed by atoms with van der Waals surface area (Å²) in [5.41, 5.74) is 4.09. The first-order chi connectivity index (χ1) is 15.2. The van der Waals surface area contributed by atoms with E-state index in [1.807, 2.05) is 69.3 Å². The van der Waals surface area contributed by atoms with Gasteiger partial charge in [0.2, 0.25) is 0 Å². The van der Waals surface area contributed by atoms with Gasteiger partial charge in [0.25, 0.3) is 0 Å². The Kier molecular flexibility index (Phi) is 6.30. The predicted molar refractivity (Wildman–Crippen MR) is 127 cm³/mol. The Morgan fingerprint density at radius 1 is 1.09 bits per heavy atom. The van der Waals surface area contributed by atoms with Gasteiger partial charge in [-0.05, 0) is 58.0 Å². The van der Waals surface area contributed by atoms with Gasteiger partial charge in [-0.15, -0.1) is 4.72 Å². The van der Waals surface area contributed by atoms with Crippen molar-refractivity contribution >= 4 is 22.3 Å². The van der Waals surface area contributed by atoms with E-state index in [1.54, 1.807) is 23.9 Å². The summed E-state index contributed by atoms with van der Waals surface area (Å²) in [5, 5.41) is 15.4. The lowest BCUT2D eigenvalue weighted by Crippen LogP contribution is -2.39. The van der Waals surface area contributed by atoms with Gasteiger partial charge >= 0.3 is 0 Å². The fraction of sp³-hybridized carbons (Fsp3) is 0.292. The molecular weight excluding hydrogens is 422 g/mol. The highest BCUT2D eigenvalue weighted by atomic mass is 32.2. The molecule has 0 fully saturated rings. The molecule has 32 heavy (non-hydrogen) atoms. The molecule has 4 rings (SSSR count). The normalized spacial score (nSPS) is 13.9. The third-order valence-electron chi connectivity index (χ3n) is 5.01. The number of aromatic nitrogens is 4. The first-order valence-corrected chi connectivity index (χ1v) is 11.6. The van der Waals surface area contributed by atoms with Crippen LogP contribution in [0.25, 0.3) is 28.0 Å². The number of hydrogen-bond acceptors (Lipinski definition) is 6. The first-order valence-electron chi connectivity index (χ1n) is 10.5. The largest absolute Gasteiger partial charge is 0.598 e. The number of nitrogens with zero attached hydrogens (tertiary/aromatic N) is 4. The molecule has 8 heteroatoms. The molecule has 0 radical (unpaired) electrons. The van der Waals surface area contributed by atoms with Crippen molar-refractivity contribution in [3.63, 3.8) is 0 Å². The van der Waals surface area contributed by atoms with Gasteiger partial charge in [-0.2, -0.15) is 5.10 Å². The summed E-state index contributed by atoms with van der Waals surface area (Å²) < 4.78 is 16.8. The molecular formula is C24H27N5O2S. The minimum Gasteiger partial charge on any atom is -0.598 e. The molecule has 4 aromatic rings. The maximum absolute atomic E-state index is 12.3. The molecule has 0 amide bonds. The monoisotopic (exact) mass is 449 g/mol. The van der Waals surface area contributed by atoms with Crippen LogP contribution in [0.5, 0.6) is 0 Å². The SMILES string of the molecule is CC(O)c1cccc(-n2ncc3ccc(-c4cccc(CN[S@+]([O-])C(C)(C)C)n4)cc32)n1.